The summed E-state index contributed by atoms with van der Waals surface area (Å²) in [4.78, 5) is 76.5. The Morgan fingerprint density at radius 3 is 1.42 bits per heavy atom. The Labute approximate surface area is 446 Å². The van der Waals surface area contributed by atoms with E-state index in [-0.39, 0.29) is 72.2 Å². The highest BCUT2D eigenvalue weighted by atomic mass is 16.6. The van der Waals surface area contributed by atoms with Crippen molar-refractivity contribution >= 4 is 35.8 Å². The molecule has 7 rings (SSSR count). The fraction of sp³-hybridized carbons (Fsp3) is 0.406. The monoisotopic (exact) mass is 1030 g/mol. The second-order valence-corrected chi connectivity index (χ2v) is 19.8. The highest BCUT2D eigenvalue weighted by Crippen LogP contribution is 2.41. The van der Waals surface area contributed by atoms with Gasteiger partial charge in [-0.2, -0.15) is 0 Å². The maximum atomic E-state index is 13.9. The Morgan fingerprint density at radius 2 is 0.961 bits per heavy atom. The van der Waals surface area contributed by atoms with Crippen molar-refractivity contribution in [1.82, 2.24) is 0 Å². The molecule has 0 saturated heterocycles. The van der Waals surface area contributed by atoms with Crippen molar-refractivity contribution in [1.29, 1.82) is 0 Å². The molecule has 0 amide bonds. The standard InChI is InChI=1S/C64H66O12/c1-4-7-42-72-59(66)51-20-24-54(25-21-51)62(69)75-57-34-30-55(31-35-57)63(70)76-64(39-36-48-18-16-47(17-19-48)15-14-46-12-10-45(5-2)11-13-46)40-37-50(38-41-64)49-28-32-56(33-29-49)74-61(68)53-26-22-52(23-27-53)60(67)73-44-9-8-43-71-58(65)6-3/h2,6,10-13,16-19,28-35,50-54H,3-4,7-9,20-27,37-38,40-44H2,1H3. The summed E-state index contributed by atoms with van der Waals surface area (Å²) in [6.07, 6.45) is 16.2. The van der Waals surface area contributed by atoms with Crippen LogP contribution < -0.4 is 9.47 Å². The molecule has 394 valence electrons. The smallest absolute Gasteiger partial charge is 0.339 e. The van der Waals surface area contributed by atoms with Gasteiger partial charge in [-0.1, -0.05) is 55.7 Å². The van der Waals surface area contributed by atoms with Crippen LogP contribution in [0, 0.1) is 59.7 Å². The molecule has 3 saturated carbocycles. The van der Waals surface area contributed by atoms with E-state index in [1.54, 1.807) is 36.4 Å². The van der Waals surface area contributed by atoms with Crippen LogP contribution in [-0.2, 0) is 42.9 Å². The zero-order valence-corrected chi connectivity index (χ0v) is 43.3. The molecular formula is C64H66O12. The first kappa shape index (κ1) is 55.9. The topological polar surface area (TPSA) is 158 Å². The summed E-state index contributed by atoms with van der Waals surface area (Å²) >= 11 is 0. The van der Waals surface area contributed by atoms with Crippen molar-refractivity contribution in [3.8, 4) is 47.5 Å². The van der Waals surface area contributed by atoms with Crippen LogP contribution in [0.5, 0.6) is 11.5 Å². The molecule has 3 fully saturated rings. The Kier molecular flexibility index (Phi) is 20.7. The van der Waals surface area contributed by atoms with Gasteiger partial charge in [-0.15, -0.1) is 6.42 Å². The predicted molar refractivity (Wildman–Crippen MR) is 285 cm³/mol. The molecule has 4 aromatic carbocycles. The van der Waals surface area contributed by atoms with Crippen molar-refractivity contribution in [3.63, 3.8) is 0 Å². The minimum Gasteiger partial charge on any atom is -0.465 e. The van der Waals surface area contributed by atoms with Crippen molar-refractivity contribution in [3.05, 3.63) is 143 Å². The Hall–Kier alpha value is -7.88. The van der Waals surface area contributed by atoms with E-state index in [1.807, 2.05) is 67.6 Å². The first-order valence-corrected chi connectivity index (χ1v) is 26.6. The summed E-state index contributed by atoms with van der Waals surface area (Å²) in [5.41, 5.74) is 3.44. The van der Waals surface area contributed by atoms with Gasteiger partial charge in [-0.3, -0.25) is 19.2 Å². The first-order chi connectivity index (χ1) is 36.9. The van der Waals surface area contributed by atoms with Crippen LogP contribution in [0.2, 0.25) is 0 Å². The number of unbranched alkanes of at least 4 members (excludes halogenated alkanes) is 2. The normalized spacial score (nSPS) is 20.8. The Bertz CT molecular complexity index is 2810. The van der Waals surface area contributed by atoms with Gasteiger partial charge in [0.25, 0.3) is 0 Å². The number of carbonyl (C=O) groups excluding carboxylic acids is 6. The van der Waals surface area contributed by atoms with E-state index in [0.29, 0.717) is 108 Å². The van der Waals surface area contributed by atoms with Gasteiger partial charge in [0.15, 0.2) is 5.60 Å². The highest BCUT2D eigenvalue weighted by molar-refractivity contribution is 5.90. The van der Waals surface area contributed by atoms with E-state index in [0.717, 1.165) is 46.7 Å². The van der Waals surface area contributed by atoms with Crippen molar-refractivity contribution in [2.75, 3.05) is 19.8 Å². The second kappa shape index (κ2) is 28.1. The molecule has 12 nitrogen and oxygen atoms in total. The number of terminal acetylenes is 1. The quantitative estimate of drug-likeness (QED) is 0.0232. The number of esters is 6. The lowest BCUT2D eigenvalue weighted by molar-refractivity contribution is -0.152. The second-order valence-electron chi connectivity index (χ2n) is 19.8. The van der Waals surface area contributed by atoms with Crippen LogP contribution in [0.3, 0.4) is 0 Å². The first-order valence-electron chi connectivity index (χ1n) is 26.6. The lowest BCUT2D eigenvalue weighted by atomic mass is 9.76. The molecule has 4 aromatic rings. The maximum Gasteiger partial charge on any atom is 0.339 e. The fourth-order valence-corrected chi connectivity index (χ4v) is 9.68. The van der Waals surface area contributed by atoms with Crippen LogP contribution >= 0.6 is 0 Å². The van der Waals surface area contributed by atoms with Crippen molar-refractivity contribution < 1.29 is 57.2 Å². The summed E-state index contributed by atoms with van der Waals surface area (Å²) in [7, 11) is 0. The molecule has 0 spiro atoms. The average Bonchev–Trinajstić information content (AvgIpc) is 3.46. The largest absolute Gasteiger partial charge is 0.465 e. The molecule has 0 atom stereocenters. The van der Waals surface area contributed by atoms with E-state index in [9.17, 15) is 28.8 Å². The van der Waals surface area contributed by atoms with E-state index in [2.05, 4.69) is 36.2 Å². The van der Waals surface area contributed by atoms with Gasteiger partial charge in [0.05, 0.1) is 49.1 Å². The molecular weight excluding hydrogens is 961 g/mol. The van der Waals surface area contributed by atoms with Gasteiger partial charge < -0.3 is 28.4 Å². The zero-order chi connectivity index (χ0) is 53.7. The third-order valence-corrected chi connectivity index (χ3v) is 14.4. The summed E-state index contributed by atoms with van der Waals surface area (Å²) in [6.45, 7) is 6.31. The summed E-state index contributed by atoms with van der Waals surface area (Å²) < 4.78 is 33.7. The molecule has 12 heteroatoms. The Morgan fingerprint density at radius 1 is 0.539 bits per heavy atom. The third kappa shape index (κ3) is 16.6. The molecule has 0 radical (unpaired) electrons. The van der Waals surface area contributed by atoms with E-state index >= 15 is 0 Å². The number of rotatable bonds is 18. The maximum absolute atomic E-state index is 13.9. The number of carbonyl (C=O) groups is 6. The molecule has 0 aromatic heterocycles. The van der Waals surface area contributed by atoms with E-state index in [4.69, 9.17) is 34.8 Å². The van der Waals surface area contributed by atoms with Gasteiger partial charge in [-0.05, 0) is 199 Å². The van der Waals surface area contributed by atoms with Crippen LogP contribution in [-0.4, -0.2) is 61.2 Å². The Balaban J connectivity index is 0.939. The van der Waals surface area contributed by atoms with Crippen LogP contribution in [0.25, 0.3) is 0 Å². The summed E-state index contributed by atoms with van der Waals surface area (Å²) in [6, 6.07) is 28.9. The zero-order valence-electron chi connectivity index (χ0n) is 43.3. The average molecular weight is 1030 g/mol. The molecule has 3 aliphatic rings. The van der Waals surface area contributed by atoms with Crippen molar-refractivity contribution in [2.45, 2.75) is 121 Å². The van der Waals surface area contributed by atoms with E-state index < -0.39 is 17.5 Å². The van der Waals surface area contributed by atoms with Crippen LogP contribution in [0.1, 0.15) is 154 Å². The van der Waals surface area contributed by atoms with Gasteiger partial charge >= 0.3 is 35.8 Å². The molecule has 0 bridgehead atoms. The van der Waals surface area contributed by atoms with E-state index in [1.165, 1.54) is 0 Å². The number of hydrogen-bond donors (Lipinski definition) is 0. The fourth-order valence-electron chi connectivity index (χ4n) is 9.68. The van der Waals surface area contributed by atoms with Crippen molar-refractivity contribution in [2.24, 2.45) is 23.7 Å². The summed E-state index contributed by atoms with van der Waals surface area (Å²) in [5, 5.41) is 0. The summed E-state index contributed by atoms with van der Waals surface area (Å²) in [5.74, 6) is 13.2. The molecule has 0 N–H and O–H groups in total. The molecule has 76 heavy (non-hydrogen) atoms. The third-order valence-electron chi connectivity index (χ3n) is 14.4. The van der Waals surface area contributed by atoms with Gasteiger partial charge in [0.1, 0.15) is 11.5 Å². The highest BCUT2D eigenvalue weighted by Gasteiger charge is 2.39. The van der Waals surface area contributed by atoms with Gasteiger partial charge in [0, 0.05) is 28.3 Å². The lowest BCUT2D eigenvalue weighted by Gasteiger charge is -2.36. The van der Waals surface area contributed by atoms with Gasteiger partial charge in [-0.25, -0.2) is 9.59 Å². The minimum atomic E-state index is -1.10. The molecule has 0 heterocycles. The molecule has 3 aliphatic carbocycles. The predicted octanol–water partition coefficient (Wildman–Crippen LogP) is 11.2. The van der Waals surface area contributed by atoms with Crippen LogP contribution in [0.15, 0.2) is 110 Å². The lowest BCUT2D eigenvalue weighted by Crippen LogP contribution is -2.37. The molecule has 0 aliphatic heterocycles. The molecule has 0 unspecified atom stereocenters. The minimum absolute atomic E-state index is 0.132. The number of benzene rings is 4. The SMILES string of the molecule is C#Cc1ccc(C#Cc2ccc(C#CC3(OC(=O)c4ccc(OC(=O)C5CCC(C(=O)OCCCC)CC5)cc4)CCC(c4ccc(OC(=O)C5CCC(C(=O)OCCCCOC(=O)C=C)CC5)cc4)CC3)cc2)cc1. The number of ether oxygens (including phenoxy) is 6. The van der Waals surface area contributed by atoms with Crippen LogP contribution in [0.4, 0.5) is 0 Å². The number of hydrogen-bond acceptors (Lipinski definition) is 12. The van der Waals surface area contributed by atoms with Gasteiger partial charge in [0.2, 0.25) is 0 Å².